The third-order valence-electron chi connectivity index (χ3n) is 6.57. The molecule has 1 aliphatic carbocycles. The van der Waals surface area contributed by atoms with Gasteiger partial charge in [0, 0.05) is 42.6 Å². The van der Waals surface area contributed by atoms with Gasteiger partial charge in [0.15, 0.2) is 0 Å². The first kappa shape index (κ1) is 25.1. The number of rotatable bonds is 4. The van der Waals surface area contributed by atoms with Gasteiger partial charge >= 0.3 is 12.4 Å². The highest BCUT2D eigenvalue weighted by atomic mass is 19.4. The maximum absolute atomic E-state index is 13.1. The first-order valence-electron chi connectivity index (χ1n) is 11.5. The average molecular weight is 500 g/mol. The summed E-state index contributed by atoms with van der Waals surface area (Å²) >= 11 is 0. The lowest BCUT2D eigenvalue weighted by Gasteiger charge is -2.32. The Morgan fingerprint density at radius 2 is 1.57 bits per heavy atom. The molecule has 2 aliphatic rings. The number of nitrogens with zero attached hydrogens (tertiary/aromatic N) is 2. The van der Waals surface area contributed by atoms with Crippen LogP contribution in [0.2, 0.25) is 0 Å². The van der Waals surface area contributed by atoms with E-state index < -0.39 is 23.7 Å². The Morgan fingerprint density at radius 1 is 0.971 bits per heavy atom. The molecule has 11 heteroatoms. The lowest BCUT2D eigenvalue weighted by atomic mass is 9.90. The Balaban J connectivity index is 1.39. The molecule has 0 bridgehead atoms. The van der Waals surface area contributed by atoms with Crippen LogP contribution >= 0.6 is 0 Å². The van der Waals surface area contributed by atoms with E-state index in [1.54, 1.807) is 6.07 Å². The number of hydrogen-bond donors (Lipinski definition) is 2. The predicted octanol–water partition coefficient (Wildman–Crippen LogP) is 5.65. The number of fused-ring (bicyclic) bond motifs is 1. The van der Waals surface area contributed by atoms with E-state index in [0.29, 0.717) is 43.4 Å². The van der Waals surface area contributed by atoms with E-state index in [9.17, 15) is 31.1 Å². The second-order valence-corrected chi connectivity index (χ2v) is 9.12. The molecule has 0 radical (unpaired) electrons. The molecule has 0 atom stereocenters. The van der Waals surface area contributed by atoms with Crippen LogP contribution < -0.4 is 15.5 Å². The van der Waals surface area contributed by atoms with Gasteiger partial charge < -0.3 is 15.5 Å². The van der Waals surface area contributed by atoms with E-state index >= 15 is 0 Å². The Labute approximate surface area is 198 Å². The van der Waals surface area contributed by atoms with Crippen LogP contribution in [-0.4, -0.2) is 36.6 Å². The number of alkyl halides is 6. The molecule has 4 rings (SSSR count). The highest BCUT2D eigenvalue weighted by molar-refractivity contribution is 5.97. The number of aromatic nitrogens is 1. The largest absolute Gasteiger partial charge is 0.433 e. The van der Waals surface area contributed by atoms with Crippen LogP contribution in [0.25, 0.3) is 0 Å². The minimum Gasteiger partial charge on any atom is -0.382 e. The highest BCUT2D eigenvalue weighted by Gasteiger charge is 2.39. The number of anilines is 2. The van der Waals surface area contributed by atoms with Crippen LogP contribution in [0, 0.1) is 0 Å². The number of amides is 1. The molecule has 190 valence electrons. The molecule has 2 heterocycles. The quantitative estimate of drug-likeness (QED) is 0.533. The standard InChI is InChI=1S/C24H26F6N4O/c1-34-11-3-5-17-18(4-2-6-19(17)34)22(35)32-15-9-7-14(8-10-15)31-16-12-20(23(25,26)27)33-21(13-16)24(28,29)30/h2,4,6,12-15H,3,5,7-11H2,1H3,(H,31,33)(H,32,35). The molecule has 1 aromatic heterocycles. The normalized spacial score (nSPS) is 20.8. The third kappa shape index (κ3) is 5.82. The summed E-state index contributed by atoms with van der Waals surface area (Å²) in [6.45, 7) is 0.932. The van der Waals surface area contributed by atoms with Crippen LogP contribution in [0.5, 0.6) is 0 Å². The van der Waals surface area contributed by atoms with Crippen molar-refractivity contribution in [2.75, 3.05) is 23.8 Å². The number of hydrogen-bond acceptors (Lipinski definition) is 4. The fraction of sp³-hybridized carbons (Fsp3) is 0.500. The van der Waals surface area contributed by atoms with Crippen LogP contribution in [-0.2, 0) is 18.8 Å². The monoisotopic (exact) mass is 500 g/mol. The summed E-state index contributed by atoms with van der Waals surface area (Å²) in [4.78, 5) is 17.8. The van der Waals surface area contributed by atoms with Crippen molar-refractivity contribution in [2.24, 2.45) is 0 Å². The number of carbonyl (C=O) groups excluding carboxylic acids is 1. The van der Waals surface area contributed by atoms with Crippen molar-refractivity contribution in [1.29, 1.82) is 0 Å². The zero-order chi connectivity index (χ0) is 25.4. The van der Waals surface area contributed by atoms with Crippen molar-refractivity contribution in [3.05, 3.63) is 52.8 Å². The molecule has 1 aromatic carbocycles. The maximum atomic E-state index is 13.1. The molecule has 1 fully saturated rings. The zero-order valence-corrected chi connectivity index (χ0v) is 19.1. The Bertz CT molecular complexity index is 1040. The van der Waals surface area contributed by atoms with Crippen LogP contribution in [0.3, 0.4) is 0 Å². The van der Waals surface area contributed by atoms with E-state index in [2.05, 4.69) is 20.5 Å². The Kier molecular flexibility index (Phi) is 6.88. The van der Waals surface area contributed by atoms with Gasteiger partial charge in [0.05, 0.1) is 0 Å². The number of pyridine rings is 1. The minimum absolute atomic E-state index is 0.119. The first-order valence-corrected chi connectivity index (χ1v) is 11.5. The molecular weight excluding hydrogens is 474 g/mol. The summed E-state index contributed by atoms with van der Waals surface area (Å²) in [6.07, 6.45) is -6.10. The van der Waals surface area contributed by atoms with Gasteiger partial charge in [0.25, 0.3) is 5.91 Å². The van der Waals surface area contributed by atoms with Crippen LogP contribution in [0.4, 0.5) is 37.7 Å². The average Bonchev–Trinajstić information content (AvgIpc) is 2.79. The molecule has 0 spiro atoms. The van der Waals surface area contributed by atoms with Gasteiger partial charge in [0.1, 0.15) is 11.4 Å². The van der Waals surface area contributed by atoms with E-state index in [1.807, 2.05) is 19.2 Å². The second-order valence-electron chi connectivity index (χ2n) is 9.12. The van der Waals surface area contributed by atoms with E-state index in [0.717, 1.165) is 30.6 Å². The smallest absolute Gasteiger partial charge is 0.382 e. The number of benzene rings is 1. The molecule has 0 saturated heterocycles. The molecular formula is C24H26F6N4O. The van der Waals surface area contributed by atoms with Gasteiger partial charge in [-0.2, -0.15) is 26.3 Å². The molecule has 1 aliphatic heterocycles. The minimum atomic E-state index is -4.99. The summed E-state index contributed by atoms with van der Waals surface area (Å²) in [5, 5.41) is 5.85. The lowest BCUT2D eigenvalue weighted by molar-refractivity contribution is -0.150. The molecule has 0 unspecified atom stereocenters. The summed E-state index contributed by atoms with van der Waals surface area (Å²) in [7, 11) is 1.99. The molecule has 1 amide bonds. The van der Waals surface area contributed by atoms with Gasteiger partial charge in [-0.05, 0) is 68.4 Å². The van der Waals surface area contributed by atoms with Gasteiger partial charge in [-0.3, -0.25) is 4.79 Å². The second kappa shape index (κ2) is 9.58. The van der Waals surface area contributed by atoms with Gasteiger partial charge in [-0.15, -0.1) is 0 Å². The zero-order valence-electron chi connectivity index (χ0n) is 19.1. The summed E-state index contributed by atoms with van der Waals surface area (Å²) in [5.74, 6) is -0.160. The predicted molar refractivity (Wildman–Crippen MR) is 119 cm³/mol. The van der Waals surface area contributed by atoms with E-state index in [4.69, 9.17) is 0 Å². The first-order chi connectivity index (χ1) is 16.4. The van der Waals surface area contributed by atoms with Crippen LogP contribution in [0.1, 0.15) is 59.4 Å². The summed E-state index contributed by atoms with van der Waals surface area (Å²) in [5.41, 5.74) is -0.740. The lowest BCUT2D eigenvalue weighted by Crippen LogP contribution is -2.40. The molecule has 2 aromatic rings. The fourth-order valence-electron chi connectivity index (χ4n) is 4.81. The van der Waals surface area contributed by atoms with Crippen LogP contribution in [0.15, 0.2) is 30.3 Å². The molecule has 1 saturated carbocycles. The Morgan fingerprint density at radius 3 is 2.17 bits per heavy atom. The third-order valence-corrected chi connectivity index (χ3v) is 6.57. The van der Waals surface area contributed by atoms with Crippen molar-refractivity contribution >= 4 is 17.3 Å². The van der Waals surface area contributed by atoms with Crippen molar-refractivity contribution in [1.82, 2.24) is 10.3 Å². The molecule has 2 N–H and O–H groups in total. The number of halogens is 6. The van der Waals surface area contributed by atoms with Crippen molar-refractivity contribution in [2.45, 2.75) is 63.0 Å². The highest BCUT2D eigenvalue weighted by Crippen LogP contribution is 2.36. The van der Waals surface area contributed by atoms with Crippen molar-refractivity contribution in [3.8, 4) is 0 Å². The summed E-state index contributed by atoms with van der Waals surface area (Å²) in [6, 6.07) is 6.42. The van der Waals surface area contributed by atoms with Gasteiger partial charge in [-0.1, -0.05) is 6.07 Å². The number of nitrogens with one attached hydrogen (secondary N) is 2. The van der Waals surface area contributed by atoms with Crippen molar-refractivity contribution < 1.29 is 31.1 Å². The fourth-order valence-corrected chi connectivity index (χ4v) is 4.81. The SMILES string of the molecule is CN1CCCc2c(C(=O)NC3CCC(Nc4cc(C(F)(F)F)nc(C(F)(F)F)c4)CC3)cccc21. The maximum Gasteiger partial charge on any atom is 0.433 e. The number of carbonyl (C=O) groups is 1. The topological polar surface area (TPSA) is 57.3 Å². The van der Waals surface area contributed by atoms with Gasteiger partial charge in [0.2, 0.25) is 0 Å². The molecule has 35 heavy (non-hydrogen) atoms. The van der Waals surface area contributed by atoms with Crippen molar-refractivity contribution in [3.63, 3.8) is 0 Å². The molecule has 5 nitrogen and oxygen atoms in total. The van der Waals surface area contributed by atoms with Gasteiger partial charge in [-0.25, -0.2) is 4.98 Å². The summed E-state index contributed by atoms with van der Waals surface area (Å²) < 4.78 is 78.3. The Hall–Kier alpha value is -2.98. The van der Waals surface area contributed by atoms with E-state index in [-0.39, 0.29) is 23.7 Å². The van der Waals surface area contributed by atoms with E-state index in [1.165, 1.54) is 0 Å².